The molecule has 5 rings (SSSR count). The van der Waals surface area contributed by atoms with Crippen LogP contribution < -0.4 is 10.1 Å². The van der Waals surface area contributed by atoms with Crippen LogP contribution in [-0.4, -0.2) is 24.5 Å². The highest BCUT2D eigenvalue weighted by Gasteiger charge is 2.18. The van der Waals surface area contributed by atoms with Crippen molar-refractivity contribution in [2.45, 2.75) is 17.0 Å². The van der Waals surface area contributed by atoms with Crippen LogP contribution in [0.1, 0.15) is 11.5 Å². The molecule has 3 heterocycles. The summed E-state index contributed by atoms with van der Waals surface area (Å²) in [5.74, 6) is 0.378. The summed E-state index contributed by atoms with van der Waals surface area (Å²) in [6.07, 6.45) is 1.63. The first-order valence-corrected chi connectivity index (χ1v) is 10.3. The summed E-state index contributed by atoms with van der Waals surface area (Å²) in [6, 6.07) is 12.1. The zero-order valence-electron chi connectivity index (χ0n) is 15.3. The molecule has 11 heteroatoms. The number of aromatic nitrogens is 4. The molecule has 30 heavy (non-hydrogen) atoms. The number of thiazole rings is 1. The van der Waals surface area contributed by atoms with Crippen LogP contribution in [0.25, 0.3) is 22.1 Å². The van der Waals surface area contributed by atoms with Gasteiger partial charge in [-0.3, -0.25) is 14.9 Å². The number of nitro groups is 1. The third-order valence-corrected chi connectivity index (χ3v) is 6.20. The van der Waals surface area contributed by atoms with Crippen LogP contribution in [0, 0.1) is 17.0 Å². The van der Waals surface area contributed by atoms with E-state index in [0.29, 0.717) is 25.8 Å². The third-order valence-electron chi connectivity index (χ3n) is 4.33. The second kappa shape index (κ2) is 7.04. The van der Waals surface area contributed by atoms with Crippen molar-refractivity contribution in [3.8, 4) is 0 Å². The quantitative estimate of drug-likeness (QED) is 0.311. The molecule has 0 saturated carbocycles. The number of benzene rings is 2. The van der Waals surface area contributed by atoms with Gasteiger partial charge in [0.15, 0.2) is 4.96 Å². The highest BCUT2D eigenvalue weighted by atomic mass is 32.2. The van der Waals surface area contributed by atoms with Gasteiger partial charge in [-0.15, -0.1) is 10.2 Å². The van der Waals surface area contributed by atoms with Crippen LogP contribution in [-0.2, 0) is 0 Å². The summed E-state index contributed by atoms with van der Waals surface area (Å²) >= 11 is 2.26. The highest BCUT2D eigenvalue weighted by Crippen LogP contribution is 2.34. The Balaban J connectivity index is 1.59. The van der Waals surface area contributed by atoms with Crippen molar-refractivity contribution in [2.75, 3.05) is 0 Å². The van der Waals surface area contributed by atoms with Crippen LogP contribution in [0.5, 0.6) is 0 Å². The molecule has 5 aromatic rings. The van der Waals surface area contributed by atoms with Crippen molar-refractivity contribution in [3.05, 3.63) is 78.9 Å². The van der Waals surface area contributed by atoms with Gasteiger partial charge in [0.25, 0.3) is 16.5 Å². The van der Waals surface area contributed by atoms with Gasteiger partial charge < -0.3 is 4.42 Å². The number of rotatable bonds is 4. The van der Waals surface area contributed by atoms with Crippen molar-refractivity contribution in [2.24, 2.45) is 0 Å². The van der Waals surface area contributed by atoms with E-state index in [1.165, 1.54) is 17.4 Å². The van der Waals surface area contributed by atoms with Crippen LogP contribution in [0.2, 0.25) is 0 Å². The smallest absolute Gasteiger partial charge is 0.284 e. The molecule has 0 amide bonds. The Morgan fingerprint density at radius 1 is 1.23 bits per heavy atom. The highest BCUT2D eigenvalue weighted by molar-refractivity contribution is 7.99. The van der Waals surface area contributed by atoms with Crippen LogP contribution >= 0.6 is 23.1 Å². The largest absolute Gasteiger partial charge is 0.416 e. The van der Waals surface area contributed by atoms with Gasteiger partial charge in [0.1, 0.15) is 0 Å². The summed E-state index contributed by atoms with van der Waals surface area (Å²) in [4.78, 5) is 29.4. The molecular formula is C19H11N5O4S2. The lowest BCUT2D eigenvalue weighted by Crippen LogP contribution is -2.22. The van der Waals surface area contributed by atoms with Gasteiger partial charge in [-0.2, -0.15) is 0 Å². The zero-order chi connectivity index (χ0) is 20.8. The molecule has 148 valence electrons. The van der Waals surface area contributed by atoms with Gasteiger partial charge in [-0.1, -0.05) is 29.5 Å². The topological polar surface area (TPSA) is 116 Å². The molecule has 3 aromatic heterocycles. The normalized spacial score (nSPS) is 12.2. The SMILES string of the molecule is Cc1nnc(Sc2ccc(/C=c3/sc4nc5ccccc5n4c3=O)cc2[N+](=O)[O-])o1. The molecule has 0 aliphatic carbocycles. The molecule has 0 saturated heterocycles. The van der Waals surface area contributed by atoms with Crippen molar-refractivity contribution < 1.29 is 9.34 Å². The first-order valence-electron chi connectivity index (χ1n) is 8.68. The minimum absolute atomic E-state index is 0.108. The van der Waals surface area contributed by atoms with Crippen molar-refractivity contribution in [3.63, 3.8) is 0 Å². The number of hydrogen-bond donors (Lipinski definition) is 0. The van der Waals surface area contributed by atoms with Crippen molar-refractivity contribution >= 4 is 50.9 Å². The molecule has 0 N–H and O–H groups in total. The van der Waals surface area contributed by atoms with Crippen molar-refractivity contribution in [1.29, 1.82) is 0 Å². The van der Waals surface area contributed by atoms with E-state index < -0.39 is 4.92 Å². The van der Waals surface area contributed by atoms with E-state index in [4.69, 9.17) is 4.42 Å². The number of imidazole rings is 1. The molecule has 0 aliphatic heterocycles. The maximum Gasteiger partial charge on any atom is 0.284 e. The Morgan fingerprint density at radius 2 is 2.07 bits per heavy atom. The van der Waals surface area contributed by atoms with Gasteiger partial charge in [0.05, 0.1) is 25.4 Å². The Bertz CT molecular complexity index is 1550. The number of aryl methyl sites for hydroxylation is 1. The Kier molecular flexibility index (Phi) is 4.33. The van der Waals surface area contributed by atoms with E-state index in [9.17, 15) is 14.9 Å². The summed E-state index contributed by atoms with van der Waals surface area (Å²) in [7, 11) is 0. The molecule has 0 unspecified atom stereocenters. The van der Waals surface area contributed by atoms with E-state index in [1.54, 1.807) is 29.5 Å². The molecule has 0 atom stereocenters. The average molecular weight is 437 g/mol. The molecule has 0 bridgehead atoms. The monoisotopic (exact) mass is 437 g/mol. The fraction of sp³-hybridized carbons (Fsp3) is 0.0526. The average Bonchev–Trinajstić information content (AvgIpc) is 3.38. The molecule has 0 radical (unpaired) electrons. The Labute approximate surface area is 175 Å². The van der Waals surface area contributed by atoms with Gasteiger partial charge in [0, 0.05) is 13.0 Å². The van der Waals surface area contributed by atoms with E-state index >= 15 is 0 Å². The fourth-order valence-corrected chi connectivity index (χ4v) is 4.82. The number of fused-ring (bicyclic) bond motifs is 3. The summed E-state index contributed by atoms with van der Waals surface area (Å²) in [5, 5.41) is 19.4. The summed E-state index contributed by atoms with van der Waals surface area (Å²) in [6.45, 7) is 1.64. The van der Waals surface area contributed by atoms with Gasteiger partial charge in [-0.05, 0) is 41.6 Å². The maximum atomic E-state index is 12.9. The second-order valence-corrected chi connectivity index (χ2v) is 8.31. The number of hydrogen-bond acceptors (Lipinski definition) is 9. The first kappa shape index (κ1) is 18.5. The molecule has 2 aromatic carbocycles. The zero-order valence-corrected chi connectivity index (χ0v) is 16.9. The van der Waals surface area contributed by atoms with Crippen LogP contribution in [0.15, 0.2) is 61.8 Å². The van der Waals surface area contributed by atoms with Crippen LogP contribution in [0.3, 0.4) is 0 Å². The molecule has 0 spiro atoms. The summed E-state index contributed by atoms with van der Waals surface area (Å²) < 4.78 is 7.29. The molecule has 9 nitrogen and oxygen atoms in total. The van der Waals surface area contributed by atoms with Crippen molar-refractivity contribution in [1.82, 2.24) is 19.6 Å². The Morgan fingerprint density at radius 3 is 2.83 bits per heavy atom. The maximum absolute atomic E-state index is 12.9. The minimum Gasteiger partial charge on any atom is -0.416 e. The Hall–Kier alpha value is -3.57. The lowest BCUT2D eigenvalue weighted by Gasteiger charge is -2.01. The molecule has 0 aliphatic rings. The standard InChI is InChI=1S/C19H11N5O4S2/c1-10-21-22-19(28-10)30-15-7-6-11(8-14(15)24(26)27)9-16-17(25)23-13-5-3-2-4-12(13)20-18(23)29-16/h2-9H,1H3/b16-9+. The predicted molar refractivity (Wildman–Crippen MR) is 112 cm³/mol. The van der Waals surface area contributed by atoms with E-state index in [-0.39, 0.29) is 16.5 Å². The third kappa shape index (κ3) is 3.13. The fourth-order valence-electron chi connectivity index (χ4n) is 3.03. The van der Waals surface area contributed by atoms with E-state index in [2.05, 4.69) is 15.2 Å². The number of nitrogens with zero attached hydrogens (tertiary/aromatic N) is 5. The van der Waals surface area contributed by atoms with Gasteiger partial charge >= 0.3 is 0 Å². The first-order chi connectivity index (χ1) is 14.5. The lowest BCUT2D eigenvalue weighted by molar-refractivity contribution is -0.387. The van der Waals surface area contributed by atoms with Gasteiger partial charge in [0.2, 0.25) is 5.89 Å². The van der Waals surface area contributed by atoms with Crippen LogP contribution in [0.4, 0.5) is 5.69 Å². The number of nitro benzene ring substituents is 1. The predicted octanol–water partition coefficient (Wildman–Crippen LogP) is 3.21. The second-order valence-electron chi connectivity index (χ2n) is 6.31. The van der Waals surface area contributed by atoms with E-state index in [0.717, 1.165) is 22.8 Å². The molecule has 0 fully saturated rings. The molecular weight excluding hydrogens is 426 g/mol. The van der Waals surface area contributed by atoms with E-state index in [1.807, 2.05) is 24.3 Å². The number of para-hydroxylation sites is 2. The van der Waals surface area contributed by atoms with Gasteiger partial charge in [-0.25, -0.2) is 9.38 Å². The lowest BCUT2D eigenvalue weighted by atomic mass is 10.2. The summed E-state index contributed by atoms with van der Waals surface area (Å²) in [5.41, 5.74) is 1.72. The minimum atomic E-state index is -0.476.